The minimum atomic E-state index is -0.397. The minimum absolute atomic E-state index is 0.191. The van der Waals surface area contributed by atoms with E-state index in [4.69, 9.17) is 4.74 Å². The van der Waals surface area contributed by atoms with Crippen LogP contribution in [0.2, 0.25) is 0 Å². The van der Waals surface area contributed by atoms with Crippen molar-refractivity contribution in [3.8, 4) is 5.75 Å². The average molecular weight is 323 g/mol. The summed E-state index contributed by atoms with van der Waals surface area (Å²) in [6.45, 7) is 1.93. The molecule has 0 saturated carbocycles. The van der Waals surface area contributed by atoms with Crippen LogP contribution in [0.3, 0.4) is 0 Å². The van der Waals surface area contributed by atoms with E-state index in [-0.39, 0.29) is 11.3 Å². The molecule has 122 valence electrons. The molecule has 0 aliphatic rings. The molecule has 0 saturated heterocycles. The van der Waals surface area contributed by atoms with Crippen LogP contribution in [0.5, 0.6) is 5.75 Å². The summed E-state index contributed by atoms with van der Waals surface area (Å²) < 4.78 is 6.45. The highest BCUT2D eigenvalue weighted by molar-refractivity contribution is 6.11. The zero-order chi connectivity index (χ0) is 17.3. The third kappa shape index (κ3) is 2.74. The highest BCUT2D eigenvalue weighted by Crippen LogP contribution is 2.26. The predicted octanol–water partition coefficient (Wildman–Crippen LogP) is 2.50. The topological polar surface area (TPSA) is 73.2 Å². The molecule has 0 radical (unpaired) electrons. The molecule has 24 heavy (non-hydrogen) atoms. The Labute approximate surface area is 138 Å². The molecule has 3 rings (SSSR count). The van der Waals surface area contributed by atoms with E-state index in [0.29, 0.717) is 22.2 Å². The summed E-state index contributed by atoms with van der Waals surface area (Å²) in [5.41, 5.74) is 1.50. The largest absolute Gasteiger partial charge is 0.495 e. The Morgan fingerprint density at radius 3 is 2.58 bits per heavy atom. The second-order valence-corrected chi connectivity index (χ2v) is 5.48. The summed E-state index contributed by atoms with van der Waals surface area (Å²) in [4.78, 5) is 24.9. The van der Waals surface area contributed by atoms with Gasteiger partial charge in [0.2, 0.25) is 0 Å². The molecule has 0 aliphatic heterocycles. The van der Waals surface area contributed by atoms with Gasteiger partial charge in [-0.15, -0.1) is 0 Å². The van der Waals surface area contributed by atoms with E-state index in [9.17, 15) is 9.59 Å². The van der Waals surface area contributed by atoms with E-state index in [1.165, 1.54) is 11.7 Å². The third-order valence-electron chi connectivity index (χ3n) is 3.77. The van der Waals surface area contributed by atoms with Crippen molar-refractivity contribution >= 4 is 22.4 Å². The Hall–Kier alpha value is -3.15. The van der Waals surface area contributed by atoms with Gasteiger partial charge in [-0.1, -0.05) is 24.3 Å². The molecule has 1 N–H and O–H groups in total. The number of fused-ring (bicyclic) bond motifs is 1. The molecule has 0 atom stereocenters. The second kappa shape index (κ2) is 6.16. The van der Waals surface area contributed by atoms with Crippen molar-refractivity contribution in [1.82, 2.24) is 9.78 Å². The average Bonchev–Trinajstić information content (AvgIpc) is 2.58. The molecule has 1 amide bonds. The van der Waals surface area contributed by atoms with E-state index < -0.39 is 5.91 Å². The van der Waals surface area contributed by atoms with Crippen LogP contribution in [0.15, 0.2) is 47.3 Å². The predicted molar refractivity (Wildman–Crippen MR) is 92.7 cm³/mol. The number of methoxy groups -OCH3 is 1. The summed E-state index contributed by atoms with van der Waals surface area (Å²) in [5, 5.41) is 7.91. The molecule has 0 unspecified atom stereocenters. The Balaban J connectivity index is 2.09. The van der Waals surface area contributed by atoms with E-state index >= 15 is 0 Å². The van der Waals surface area contributed by atoms with Crippen molar-refractivity contribution in [3.05, 3.63) is 64.1 Å². The number of nitrogens with zero attached hydrogens (tertiary/aromatic N) is 2. The molecule has 6 heteroatoms. The smallest absolute Gasteiger partial charge is 0.276 e. The summed E-state index contributed by atoms with van der Waals surface area (Å²) in [6.07, 6.45) is 0. The van der Waals surface area contributed by atoms with Crippen molar-refractivity contribution in [1.29, 1.82) is 0 Å². The first kappa shape index (κ1) is 15.7. The number of benzene rings is 2. The van der Waals surface area contributed by atoms with Crippen molar-refractivity contribution in [2.45, 2.75) is 6.92 Å². The molecule has 0 bridgehead atoms. The van der Waals surface area contributed by atoms with Crippen molar-refractivity contribution < 1.29 is 9.53 Å². The minimum Gasteiger partial charge on any atom is -0.495 e. The number of nitrogens with one attached hydrogen (secondary N) is 1. The van der Waals surface area contributed by atoms with Gasteiger partial charge in [0.25, 0.3) is 11.5 Å². The monoisotopic (exact) mass is 323 g/mol. The first-order chi connectivity index (χ1) is 11.5. The fourth-order valence-electron chi connectivity index (χ4n) is 2.57. The Bertz CT molecular complexity index is 992. The van der Waals surface area contributed by atoms with Gasteiger partial charge in [0.1, 0.15) is 5.75 Å². The number of hydrogen-bond donors (Lipinski definition) is 1. The first-order valence-corrected chi connectivity index (χ1v) is 7.43. The van der Waals surface area contributed by atoms with E-state index in [2.05, 4.69) is 10.4 Å². The molecule has 3 aromatic rings. The molecule has 0 aliphatic carbocycles. The van der Waals surface area contributed by atoms with Gasteiger partial charge in [0, 0.05) is 12.4 Å². The number of amides is 1. The third-order valence-corrected chi connectivity index (χ3v) is 3.77. The maximum absolute atomic E-state index is 12.7. The number of anilines is 1. The Morgan fingerprint density at radius 1 is 1.17 bits per heavy atom. The van der Waals surface area contributed by atoms with Crippen molar-refractivity contribution in [3.63, 3.8) is 0 Å². The van der Waals surface area contributed by atoms with Gasteiger partial charge in [0.05, 0.1) is 18.2 Å². The molecule has 6 nitrogen and oxygen atoms in total. The van der Waals surface area contributed by atoms with E-state index in [0.717, 1.165) is 5.56 Å². The summed E-state index contributed by atoms with van der Waals surface area (Å²) >= 11 is 0. The number of aryl methyl sites for hydroxylation is 2. The summed E-state index contributed by atoms with van der Waals surface area (Å²) in [5.74, 6) is 0.161. The Morgan fingerprint density at radius 2 is 1.88 bits per heavy atom. The number of ether oxygens (including phenoxy) is 1. The SMILES string of the molecule is COc1ccc(C)cc1NC(=O)c1nn(C)c(=O)c2ccccc12. The normalized spacial score (nSPS) is 10.6. The second-order valence-electron chi connectivity index (χ2n) is 5.48. The lowest BCUT2D eigenvalue weighted by Gasteiger charge is -2.12. The van der Waals surface area contributed by atoms with Crippen LogP contribution in [0.25, 0.3) is 10.8 Å². The van der Waals surface area contributed by atoms with Crippen LogP contribution >= 0.6 is 0 Å². The highest BCUT2D eigenvalue weighted by Gasteiger charge is 2.17. The molecule has 2 aromatic carbocycles. The molecule has 1 heterocycles. The zero-order valence-corrected chi connectivity index (χ0v) is 13.7. The maximum Gasteiger partial charge on any atom is 0.276 e. The van der Waals surface area contributed by atoms with E-state index in [1.54, 1.807) is 37.4 Å². The lowest BCUT2D eigenvalue weighted by Crippen LogP contribution is -2.25. The van der Waals surface area contributed by atoms with Gasteiger partial charge in [-0.2, -0.15) is 5.10 Å². The maximum atomic E-state index is 12.7. The number of carbonyl (C=O) groups is 1. The van der Waals surface area contributed by atoms with E-state index in [1.807, 2.05) is 19.1 Å². The summed E-state index contributed by atoms with van der Waals surface area (Å²) in [7, 11) is 3.07. The molecular weight excluding hydrogens is 306 g/mol. The van der Waals surface area contributed by atoms with Gasteiger partial charge in [-0.25, -0.2) is 4.68 Å². The van der Waals surface area contributed by atoms with Gasteiger partial charge in [-0.3, -0.25) is 9.59 Å². The molecule has 0 spiro atoms. The van der Waals surface area contributed by atoms with Gasteiger partial charge in [0.15, 0.2) is 5.69 Å². The lowest BCUT2D eigenvalue weighted by atomic mass is 10.1. The van der Waals surface area contributed by atoms with Gasteiger partial charge >= 0.3 is 0 Å². The quantitative estimate of drug-likeness (QED) is 0.804. The van der Waals surface area contributed by atoms with Crippen molar-refractivity contribution in [2.75, 3.05) is 12.4 Å². The standard InChI is InChI=1S/C18H17N3O3/c1-11-8-9-15(24-3)14(10-11)19-17(22)16-12-6-4-5-7-13(12)18(23)21(2)20-16/h4-10H,1-3H3,(H,19,22). The van der Waals surface area contributed by atoms with Gasteiger partial charge in [-0.05, 0) is 30.7 Å². The Kier molecular flexibility index (Phi) is 4.04. The van der Waals surface area contributed by atoms with Gasteiger partial charge < -0.3 is 10.1 Å². The van der Waals surface area contributed by atoms with Crippen LogP contribution in [0.4, 0.5) is 5.69 Å². The summed E-state index contributed by atoms with van der Waals surface area (Å²) in [6, 6.07) is 12.4. The lowest BCUT2D eigenvalue weighted by molar-refractivity contribution is 0.102. The first-order valence-electron chi connectivity index (χ1n) is 7.43. The van der Waals surface area contributed by atoms with Crippen LogP contribution < -0.4 is 15.6 Å². The fourth-order valence-corrected chi connectivity index (χ4v) is 2.57. The van der Waals surface area contributed by atoms with Crippen LogP contribution in [0, 0.1) is 6.92 Å². The number of rotatable bonds is 3. The van der Waals surface area contributed by atoms with Crippen molar-refractivity contribution in [2.24, 2.45) is 7.05 Å². The van der Waals surface area contributed by atoms with Crippen LogP contribution in [-0.2, 0) is 7.05 Å². The van der Waals surface area contributed by atoms with Crippen LogP contribution in [0.1, 0.15) is 16.1 Å². The number of hydrogen-bond acceptors (Lipinski definition) is 4. The number of carbonyl (C=O) groups excluding carboxylic acids is 1. The number of aromatic nitrogens is 2. The highest BCUT2D eigenvalue weighted by atomic mass is 16.5. The molecule has 0 fully saturated rings. The zero-order valence-electron chi connectivity index (χ0n) is 13.7. The molecular formula is C18H17N3O3. The van der Waals surface area contributed by atoms with Crippen LogP contribution in [-0.4, -0.2) is 22.8 Å². The fraction of sp³-hybridized carbons (Fsp3) is 0.167. The molecule has 1 aromatic heterocycles.